The molecule has 3 aromatic rings. The summed E-state index contributed by atoms with van der Waals surface area (Å²) in [5.41, 5.74) is 4.15. The molecule has 3 aromatic carbocycles. The first kappa shape index (κ1) is 18.7. The number of para-hydroxylation sites is 1. The van der Waals surface area contributed by atoms with Crippen LogP contribution in [-0.4, -0.2) is 11.8 Å². The molecule has 0 spiro atoms. The number of benzene rings is 3. The van der Waals surface area contributed by atoms with E-state index in [1.807, 2.05) is 78.9 Å². The summed E-state index contributed by atoms with van der Waals surface area (Å²) >= 11 is 1.37. The van der Waals surface area contributed by atoms with Gasteiger partial charge in [-0.1, -0.05) is 73.3 Å². The summed E-state index contributed by atoms with van der Waals surface area (Å²) in [6.45, 7) is 2.08. The number of anilines is 2. The zero-order chi connectivity index (χ0) is 20.7. The normalized spacial score (nSPS) is 18.0. The maximum atomic E-state index is 13.6. The van der Waals surface area contributed by atoms with Gasteiger partial charge in [-0.15, -0.1) is 0 Å². The van der Waals surface area contributed by atoms with Crippen LogP contribution in [0.4, 0.5) is 11.4 Å². The summed E-state index contributed by atoms with van der Waals surface area (Å²) in [7, 11) is 0. The van der Waals surface area contributed by atoms with E-state index in [-0.39, 0.29) is 11.8 Å². The number of imide groups is 1. The van der Waals surface area contributed by atoms with Gasteiger partial charge in [-0.2, -0.15) is 0 Å². The number of hydrogen-bond acceptors (Lipinski definition) is 4. The van der Waals surface area contributed by atoms with Crippen molar-refractivity contribution in [2.24, 2.45) is 0 Å². The molecule has 5 heteroatoms. The van der Waals surface area contributed by atoms with E-state index in [1.165, 1.54) is 22.2 Å². The summed E-state index contributed by atoms with van der Waals surface area (Å²) in [6.07, 6.45) is 0.906. The molecule has 0 radical (unpaired) electrons. The first-order valence-corrected chi connectivity index (χ1v) is 10.8. The van der Waals surface area contributed by atoms with Crippen molar-refractivity contribution in [3.63, 3.8) is 0 Å². The Balaban J connectivity index is 1.63. The molecule has 148 valence electrons. The summed E-state index contributed by atoms with van der Waals surface area (Å²) in [6, 6.07) is 24.9. The van der Waals surface area contributed by atoms with Gasteiger partial charge in [0.2, 0.25) is 0 Å². The molecule has 0 saturated heterocycles. The van der Waals surface area contributed by atoms with Gasteiger partial charge in [0.1, 0.15) is 0 Å². The van der Waals surface area contributed by atoms with Gasteiger partial charge in [0.25, 0.3) is 11.8 Å². The summed E-state index contributed by atoms with van der Waals surface area (Å²) < 4.78 is 0. The van der Waals surface area contributed by atoms with Crippen LogP contribution in [0.1, 0.15) is 24.1 Å². The fourth-order valence-corrected chi connectivity index (χ4v) is 5.00. The molecule has 1 N–H and O–H groups in total. The maximum absolute atomic E-state index is 13.6. The van der Waals surface area contributed by atoms with Gasteiger partial charge in [-0.05, 0) is 41.8 Å². The van der Waals surface area contributed by atoms with E-state index in [2.05, 4.69) is 12.2 Å². The van der Waals surface area contributed by atoms with Crippen molar-refractivity contribution in [1.82, 2.24) is 0 Å². The maximum Gasteiger partial charge on any atom is 0.272 e. The lowest BCUT2D eigenvalue weighted by Crippen LogP contribution is -2.33. The van der Waals surface area contributed by atoms with E-state index in [9.17, 15) is 9.59 Å². The van der Waals surface area contributed by atoms with E-state index in [0.29, 0.717) is 16.2 Å². The predicted octanol–water partition coefficient (Wildman–Crippen LogP) is 5.34. The predicted molar refractivity (Wildman–Crippen MR) is 120 cm³/mol. The smallest absolute Gasteiger partial charge is 0.272 e. The van der Waals surface area contributed by atoms with Crippen molar-refractivity contribution < 1.29 is 9.59 Å². The first-order valence-electron chi connectivity index (χ1n) is 9.97. The Kier molecular flexibility index (Phi) is 4.68. The lowest BCUT2D eigenvalue weighted by Gasteiger charge is -2.22. The fourth-order valence-electron chi connectivity index (χ4n) is 3.90. The number of fused-ring (bicyclic) bond motifs is 1. The van der Waals surface area contributed by atoms with E-state index in [4.69, 9.17) is 0 Å². The summed E-state index contributed by atoms with van der Waals surface area (Å²) in [4.78, 5) is 29.8. The molecule has 4 nitrogen and oxygen atoms in total. The van der Waals surface area contributed by atoms with Crippen molar-refractivity contribution in [2.75, 3.05) is 10.2 Å². The van der Waals surface area contributed by atoms with Crippen molar-refractivity contribution in [1.29, 1.82) is 0 Å². The summed E-state index contributed by atoms with van der Waals surface area (Å²) in [5, 5.41) is 3.51. The number of hydrogen-bond donors (Lipinski definition) is 1. The monoisotopic (exact) mass is 412 g/mol. The number of carbonyl (C=O) groups is 2. The van der Waals surface area contributed by atoms with E-state index >= 15 is 0 Å². The molecule has 0 aliphatic carbocycles. The van der Waals surface area contributed by atoms with Crippen LogP contribution in [-0.2, 0) is 16.0 Å². The first-order chi connectivity index (χ1) is 14.7. The summed E-state index contributed by atoms with van der Waals surface area (Å²) in [5.74, 6) is -0.524. The number of amides is 2. The van der Waals surface area contributed by atoms with Gasteiger partial charge >= 0.3 is 0 Å². The van der Waals surface area contributed by atoms with Crippen LogP contribution >= 0.6 is 11.8 Å². The third-order valence-corrected chi connectivity index (χ3v) is 6.67. The van der Waals surface area contributed by atoms with E-state index in [0.717, 1.165) is 22.6 Å². The number of thioether (sulfide) groups is 1. The van der Waals surface area contributed by atoms with E-state index in [1.54, 1.807) is 0 Å². The lowest BCUT2D eigenvalue weighted by molar-refractivity contribution is -0.120. The number of nitrogens with one attached hydrogen (secondary N) is 1. The molecular weight excluding hydrogens is 392 g/mol. The third-order valence-electron chi connectivity index (χ3n) is 5.50. The zero-order valence-electron chi connectivity index (χ0n) is 16.5. The molecule has 2 aliphatic rings. The van der Waals surface area contributed by atoms with Crippen molar-refractivity contribution >= 4 is 35.0 Å². The van der Waals surface area contributed by atoms with Crippen LogP contribution in [0, 0.1) is 0 Å². The highest BCUT2D eigenvalue weighted by Gasteiger charge is 2.45. The van der Waals surface area contributed by atoms with Gasteiger partial charge in [-0.25, -0.2) is 4.90 Å². The average Bonchev–Trinajstić information content (AvgIpc) is 2.93. The van der Waals surface area contributed by atoms with Crippen LogP contribution in [0.3, 0.4) is 0 Å². The Hall–Kier alpha value is -3.31. The Labute approximate surface area is 179 Å². The average molecular weight is 413 g/mol. The molecule has 0 aromatic heterocycles. The number of nitrogens with zero attached hydrogens (tertiary/aromatic N) is 1. The van der Waals surface area contributed by atoms with Crippen LogP contribution in [0.25, 0.3) is 0 Å². The minimum atomic E-state index is -0.395. The Bertz CT molecular complexity index is 1170. The van der Waals surface area contributed by atoms with Crippen molar-refractivity contribution in [3.8, 4) is 0 Å². The number of aryl methyl sites for hydroxylation is 1. The van der Waals surface area contributed by atoms with Gasteiger partial charge < -0.3 is 5.32 Å². The van der Waals surface area contributed by atoms with Gasteiger partial charge in [0.15, 0.2) is 0 Å². The minimum Gasteiger partial charge on any atom is -0.373 e. The quantitative estimate of drug-likeness (QED) is 0.591. The SMILES string of the molecule is CCc1ccc(N2C(=O)C3=C(C2=O)C(c2ccccc2)Nc2ccccc2S3)cc1. The second-order valence-electron chi connectivity index (χ2n) is 7.29. The number of carbonyl (C=O) groups excluding carboxylic acids is 2. The topological polar surface area (TPSA) is 49.4 Å². The minimum absolute atomic E-state index is 0.260. The fraction of sp³-hybridized carbons (Fsp3) is 0.120. The van der Waals surface area contributed by atoms with Crippen LogP contribution in [0.2, 0.25) is 0 Å². The zero-order valence-corrected chi connectivity index (χ0v) is 17.3. The van der Waals surface area contributed by atoms with Crippen LogP contribution in [0.15, 0.2) is 94.2 Å². The molecule has 0 fully saturated rings. The molecule has 0 saturated carbocycles. The van der Waals surface area contributed by atoms with Gasteiger partial charge in [0, 0.05) is 10.6 Å². The van der Waals surface area contributed by atoms with E-state index < -0.39 is 6.04 Å². The number of rotatable bonds is 3. The van der Waals surface area contributed by atoms with Crippen LogP contribution in [0.5, 0.6) is 0 Å². The molecule has 2 heterocycles. The Morgan fingerprint density at radius 1 is 0.867 bits per heavy atom. The molecular formula is C25H20N2O2S. The largest absolute Gasteiger partial charge is 0.373 e. The molecule has 0 bridgehead atoms. The molecule has 2 aliphatic heterocycles. The highest BCUT2D eigenvalue weighted by Crippen LogP contribution is 2.47. The molecule has 2 amide bonds. The molecule has 1 atom stereocenters. The molecule has 30 heavy (non-hydrogen) atoms. The Morgan fingerprint density at radius 3 is 2.30 bits per heavy atom. The second kappa shape index (κ2) is 7.50. The molecule has 1 unspecified atom stereocenters. The Morgan fingerprint density at radius 2 is 1.57 bits per heavy atom. The third kappa shape index (κ3) is 3.02. The van der Waals surface area contributed by atoms with Gasteiger partial charge in [0.05, 0.1) is 22.2 Å². The highest BCUT2D eigenvalue weighted by atomic mass is 32.2. The molecule has 5 rings (SSSR count). The van der Waals surface area contributed by atoms with Crippen LogP contribution < -0.4 is 10.2 Å². The van der Waals surface area contributed by atoms with Crippen molar-refractivity contribution in [3.05, 3.63) is 100 Å². The second-order valence-corrected chi connectivity index (χ2v) is 8.35. The standard InChI is InChI=1S/C25H20N2O2S/c1-2-16-12-14-18(15-13-16)27-24(28)21-22(17-8-4-3-5-9-17)26-19-10-6-7-11-20(19)30-23(21)25(27)29/h3-15,22,26H,2H2,1H3. The lowest BCUT2D eigenvalue weighted by atomic mass is 9.98. The highest BCUT2D eigenvalue weighted by molar-refractivity contribution is 8.04. The van der Waals surface area contributed by atoms with Gasteiger partial charge in [-0.3, -0.25) is 9.59 Å². The van der Waals surface area contributed by atoms with Crippen molar-refractivity contribution in [2.45, 2.75) is 24.3 Å².